The Morgan fingerprint density at radius 1 is 1.06 bits per heavy atom. The molecular formula is C23H18Br2N4O3S. The molecule has 1 aromatic heterocycles. The smallest absolute Gasteiger partial charge is 0.335 e. The number of hydrogen-bond acceptors (Lipinski definition) is 5. The van der Waals surface area contributed by atoms with Gasteiger partial charge in [0, 0.05) is 9.86 Å². The van der Waals surface area contributed by atoms with Crippen LogP contribution in [0.3, 0.4) is 0 Å². The van der Waals surface area contributed by atoms with Crippen molar-refractivity contribution < 1.29 is 14.7 Å². The summed E-state index contributed by atoms with van der Waals surface area (Å²) in [7, 11) is 0. The van der Waals surface area contributed by atoms with Crippen LogP contribution in [0.4, 0.5) is 5.69 Å². The van der Waals surface area contributed by atoms with Crippen LogP contribution in [0.25, 0.3) is 16.5 Å². The van der Waals surface area contributed by atoms with Crippen molar-refractivity contribution in [3.8, 4) is 5.69 Å². The van der Waals surface area contributed by atoms with Crippen molar-refractivity contribution in [2.45, 2.75) is 18.5 Å². The van der Waals surface area contributed by atoms with Crippen molar-refractivity contribution in [1.29, 1.82) is 0 Å². The highest BCUT2D eigenvalue weighted by Crippen LogP contribution is 2.32. The number of nitrogens with zero attached hydrogens (tertiary/aromatic N) is 3. The van der Waals surface area contributed by atoms with Gasteiger partial charge in [-0.1, -0.05) is 49.0 Å². The van der Waals surface area contributed by atoms with Crippen molar-refractivity contribution in [3.05, 3.63) is 74.9 Å². The molecule has 3 aromatic carbocycles. The third-order valence-electron chi connectivity index (χ3n) is 5.03. The van der Waals surface area contributed by atoms with Crippen molar-refractivity contribution in [1.82, 2.24) is 14.8 Å². The van der Waals surface area contributed by atoms with Crippen LogP contribution in [0, 0.1) is 0 Å². The number of carbonyl (C=O) groups is 2. The van der Waals surface area contributed by atoms with Crippen LogP contribution in [-0.4, -0.2) is 37.5 Å². The molecule has 1 amide bonds. The number of aromatic nitrogens is 3. The molecule has 4 aromatic rings. The average molecular weight is 590 g/mol. The third-order valence-corrected chi connectivity index (χ3v) is 7.13. The minimum absolute atomic E-state index is 0.100. The van der Waals surface area contributed by atoms with Gasteiger partial charge in [-0.25, -0.2) is 4.79 Å². The Kier molecular flexibility index (Phi) is 7.16. The van der Waals surface area contributed by atoms with Crippen LogP contribution in [0.15, 0.2) is 69.0 Å². The standard InChI is InChI=1S/C23H18Br2N4O3S/c1-2-13-8-10-19(16-6-4-3-5-15(13)16)29-22(25)27-28-23(29)33-12-20(30)26-18-9-7-14(21(31)32)11-17(18)24/h3-11H,2,12H2,1H3,(H,26,30)(H,31,32). The number of amides is 1. The topological polar surface area (TPSA) is 97.1 Å². The molecule has 0 unspecified atom stereocenters. The Hall–Kier alpha value is -2.69. The number of aryl methyl sites for hydroxylation is 1. The number of carbonyl (C=O) groups excluding carboxylic acids is 1. The zero-order valence-electron chi connectivity index (χ0n) is 17.4. The molecule has 4 rings (SSSR count). The van der Waals surface area contributed by atoms with Crippen molar-refractivity contribution in [2.24, 2.45) is 0 Å². The molecule has 7 nitrogen and oxygen atoms in total. The lowest BCUT2D eigenvalue weighted by atomic mass is 10.0. The number of nitrogens with one attached hydrogen (secondary N) is 1. The van der Waals surface area contributed by atoms with E-state index in [2.05, 4.69) is 72.5 Å². The number of benzene rings is 3. The van der Waals surface area contributed by atoms with Gasteiger partial charge < -0.3 is 10.4 Å². The molecule has 33 heavy (non-hydrogen) atoms. The summed E-state index contributed by atoms with van der Waals surface area (Å²) in [6.45, 7) is 2.13. The lowest BCUT2D eigenvalue weighted by molar-refractivity contribution is -0.113. The van der Waals surface area contributed by atoms with Gasteiger partial charge in [-0.2, -0.15) is 0 Å². The van der Waals surface area contributed by atoms with Crippen molar-refractivity contribution in [2.75, 3.05) is 11.1 Å². The maximum Gasteiger partial charge on any atom is 0.335 e. The Labute approximate surface area is 210 Å². The summed E-state index contributed by atoms with van der Waals surface area (Å²) in [6.07, 6.45) is 0.926. The van der Waals surface area contributed by atoms with E-state index in [0.29, 0.717) is 20.1 Å². The maximum absolute atomic E-state index is 12.6. The number of carboxylic acid groups (broad SMARTS) is 1. The molecule has 0 fully saturated rings. The number of halogens is 2. The second-order valence-electron chi connectivity index (χ2n) is 7.07. The molecule has 168 valence electrons. The predicted molar refractivity (Wildman–Crippen MR) is 136 cm³/mol. The highest BCUT2D eigenvalue weighted by Gasteiger charge is 2.17. The number of fused-ring (bicyclic) bond motifs is 1. The normalized spacial score (nSPS) is 11.0. The molecular weight excluding hydrogens is 572 g/mol. The van der Waals surface area contributed by atoms with Crippen LogP contribution >= 0.6 is 43.6 Å². The summed E-state index contributed by atoms with van der Waals surface area (Å²) in [5, 5.41) is 23.1. The number of carboxylic acids is 1. The van der Waals surface area contributed by atoms with E-state index in [1.165, 1.54) is 34.8 Å². The fourth-order valence-corrected chi connectivity index (χ4v) is 5.24. The number of rotatable bonds is 7. The summed E-state index contributed by atoms with van der Waals surface area (Å²) in [6, 6.07) is 16.8. The minimum atomic E-state index is -1.03. The van der Waals surface area contributed by atoms with E-state index in [0.717, 1.165) is 17.5 Å². The molecule has 0 saturated carbocycles. The first-order valence-electron chi connectivity index (χ1n) is 9.96. The summed E-state index contributed by atoms with van der Waals surface area (Å²) >= 11 is 8.05. The molecule has 10 heteroatoms. The van der Waals surface area contributed by atoms with E-state index >= 15 is 0 Å². The molecule has 1 heterocycles. The van der Waals surface area contributed by atoms with Gasteiger partial charge in [0.05, 0.1) is 22.7 Å². The molecule has 0 aliphatic rings. The van der Waals surface area contributed by atoms with Gasteiger partial charge in [0.1, 0.15) is 0 Å². The van der Waals surface area contributed by atoms with E-state index in [1.54, 1.807) is 6.07 Å². The van der Waals surface area contributed by atoms with Gasteiger partial charge in [0.15, 0.2) is 5.16 Å². The lowest BCUT2D eigenvalue weighted by Gasteiger charge is -2.13. The number of thioether (sulfide) groups is 1. The summed E-state index contributed by atoms with van der Waals surface area (Å²) in [5.41, 5.74) is 2.81. The number of hydrogen-bond donors (Lipinski definition) is 2. The zero-order chi connectivity index (χ0) is 23.5. The fourth-order valence-electron chi connectivity index (χ4n) is 3.46. The second kappa shape index (κ2) is 10.1. The SMILES string of the molecule is CCc1ccc(-n2c(Br)nnc2SCC(=O)Nc2ccc(C(=O)O)cc2Br)c2ccccc12. The van der Waals surface area contributed by atoms with Crippen LogP contribution < -0.4 is 5.32 Å². The van der Waals surface area contributed by atoms with Gasteiger partial charge in [0.2, 0.25) is 10.6 Å². The third kappa shape index (κ3) is 4.97. The van der Waals surface area contributed by atoms with E-state index < -0.39 is 5.97 Å². The fraction of sp³-hybridized carbons (Fsp3) is 0.130. The first kappa shape index (κ1) is 23.5. The molecule has 0 radical (unpaired) electrons. The zero-order valence-corrected chi connectivity index (χ0v) is 21.4. The van der Waals surface area contributed by atoms with Gasteiger partial charge in [-0.05, 0) is 73.5 Å². The van der Waals surface area contributed by atoms with Gasteiger partial charge >= 0.3 is 5.97 Å². The quantitative estimate of drug-likeness (QED) is 0.259. The van der Waals surface area contributed by atoms with Gasteiger partial charge in [0.25, 0.3) is 0 Å². The van der Waals surface area contributed by atoms with Gasteiger partial charge in [-0.3, -0.25) is 9.36 Å². The first-order chi connectivity index (χ1) is 15.9. The number of anilines is 1. The predicted octanol–water partition coefficient (Wildman–Crippen LogP) is 5.94. The largest absolute Gasteiger partial charge is 0.478 e. The van der Waals surface area contributed by atoms with Crippen LogP contribution in [0.2, 0.25) is 0 Å². The first-order valence-corrected chi connectivity index (χ1v) is 12.5. The Balaban J connectivity index is 1.56. The lowest BCUT2D eigenvalue weighted by Crippen LogP contribution is -2.15. The molecule has 0 saturated heterocycles. The summed E-state index contributed by atoms with van der Waals surface area (Å²) in [5.74, 6) is -1.18. The molecule has 0 aliphatic heterocycles. The Bertz CT molecular complexity index is 1370. The Morgan fingerprint density at radius 3 is 2.52 bits per heavy atom. The molecule has 0 spiro atoms. The molecule has 0 bridgehead atoms. The minimum Gasteiger partial charge on any atom is -0.478 e. The van der Waals surface area contributed by atoms with E-state index in [4.69, 9.17) is 5.11 Å². The van der Waals surface area contributed by atoms with E-state index in [-0.39, 0.29) is 17.2 Å². The maximum atomic E-state index is 12.6. The monoisotopic (exact) mass is 588 g/mol. The highest BCUT2D eigenvalue weighted by atomic mass is 79.9. The van der Waals surface area contributed by atoms with E-state index in [1.807, 2.05) is 22.8 Å². The van der Waals surface area contributed by atoms with Crippen LogP contribution in [0.5, 0.6) is 0 Å². The summed E-state index contributed by atoms with van der Waals surface area (Å²) in [4.78, 5) is 23.7. The van der Waals surface area contributed by atoms with Crippen molar-refractivity contribution in [3.63, 3.8) is 0 Å². The summed E-state index contributed by atoms with van der Waals surface area (Å²) < 4.78 is 2.93. The molecule has 2 N–H and O–H groups in total. The van der Waals surface area contributed by atoms with E-state index in [9.17, 15) is 9.59 Å². The van der Waals surface area contributed by atoms with Crippen molar-refractivity contribution >= 4 is 72.0 Å². The van der Waals surface area contributed by atoms with Gasteiger partial charge in [-0.15, -0.1) is 10.2 Å². The molecule has 0 atom stereocenters. The number of aromatic carboxylic acids is 1. The molecule has 0 aliphatic carbocycles. The van der Waals surface area contributed by atoms with Crippen LogP contribution in [-0.2, 0) is 11.2 Å². The highest BCUT2D eigenvalue weighted by molar-refractivity contribution is 9.10. The Morgan fingerprint density at radius 2 is 1.82 bits per heavy atom. The second-order valence-corrected chi connectivity index (χ2v) is 9.57. The average Bonchev–Trinajstić information content (AvgIpc) is 3.18. The van der Waals surface area contributed by atoms with Crippen LogP contribution in [0.1, 0.15) is 22.8 Å².